The Labute approximate surface area is 110 Å². The number of nitro groups is 3. The van der Waals surface area contributed by atoms with Crippen LogP contribution < -0.4 is 0 Å². The Bertz CT molecular complexity index is 770. The number of non-ortho nitro benzene ring substituents is 2. The van der Waals surface area contributed by atoms with Gasteiger partial charge in [-0.15, -0.1) is 0 Å². The van der Waals surface area contributed by atoms with E-state index in [-0.39, 0.29) is 16.3 Å². The second kappa shape index (κ2) is 4.53. The van der Waals surface area contributed by atoms with E-state index in [0.29, 0.717) is 0 Å². The van der Waals surface area contributed by atoms with Crippen LogP contribution in [0.5, 0.6) is 0 Å². The molecule has 2 aromatic carbocycles. The molecule has 0 aliphatic heterocycles. The summed E-state index contributed by atoms with van der Waals surface area (Å²) in [6.45, 7) is 1.40. The Kier molecular flexibility index (Phi) is 3.02. The monoisotopic (exact) mass is 277 g/mol. The Morgan fingerprint density at radius 2 is 1.40 bits per heavy atom. The van der Waals surface area contributed by atoms with E-state index in [1.807, 2.05) is 0 Å². The topological polar surface area (TPSA) is 129 Å². The average Bonchev–Trinajstić information content (AvgIpc) is 2.37. The van der Waals surface area contributed by atoms with Crippen LogP contribution in [0.1, 0.15) is 5.56 Å². The van der Waals surface area contributed by atoms with Gasteiger partial charge in [-0.1, -0.05) is 12.1 Å². The van der Waals surface area contributed by atoms with Crippen molar-refractivity contribution >= 4 is 27.8 Å². The van der Waals surface area contributed by atoms with Gasteiger partial charge in [0, 0.05) is 17.0 Å². The maximum absolute atomic E-state index is 11.0. The summed E-state index contributed by atoms with van der Waals surface area (Å²) in [7, 11) is 0. The van der Waals surface area contributed by atoms with Crippen molar-refractivity contribution in [2.75, 3.05) is 0 Å². The Hall–Kier alpha value is -3.10. The second-order valence-corrected chi connectivity index (χ2v) is 4.01. The van der Waals surface area contributed by atoms with E-state index < -0.39 is 31.8 Å². The Morgan fingerprint density at radius 1 is 0.850 bits per heavy atom. The van der Waals surface area contributed by atoms with Crippen molar-refractivity contribution in [2.24, 2.45) is 0 Å². The Morgan fingerprint density at radius 3 is 1.90 bits per heavy atom. The standard InChI is InChI=1S/C11H7N3O6/c1-6-7-3-2-4-8(12(15)16)11(7)10(14(19)20)5-9(6)13(17)18/h2-5H,1H3. The van der Waals surface area contributed by atoms with Gasteiger partial charge < -0.3 is 0 Å². The average molecular weight is 277 g/mol. The van der Waals surface area contributed by atoms with Crippen molar-refractivity contribution in [3.8, 4) is 0 Å². The first kappa shape index (κ1) is 13.3. The van der Waals surface area contributed by atoms with E-state index in [1.165, 1.54) is 19.1 Å². The molecule has 0 atom stereocenters. The molecule has 0 N–H and O–H groups in total. The smallest absolute Gasteiger partial charge is 0.258 e. The summed E-state index contributed by atoms with van der Waals surface area (Å²) in [6.07, 6.45) is 0. The van der Waals surface area contributed by atoms with Crippen LogP contribution in [0.15, 0.2) is 24.3 Å². The summed E-state index contributed by atoms with van der Waals surface area (Å²) in [6, 6.07) is 4.60. The van der Waals surface area contributed by atoms with E-state index >= 15 is 0 Å². The predicted octanol–water partition coefficient (Wildman–Crippen LogP) is 2.87. The molecule has 0 aromatic heterocycles. The van der Waals surface area contributed by atoms with E-state index in [2.05, 4.69) is 0 Å². The zero-order valence-electron chi connectivity index (χ0n) is 10.1. The molecule has 0 radical (unpaired) electrons. The highest BCUT2D eigenvalue weighted by Gasteiger charge is 2.28. The van der Waals surface area contributed by atoms with Crippen molar-refractivity contribution in [1.29, 1.82) is 0 Å². The highest BCUT2D eigenvalue weighted by molar-refractivity contribution is 6.02. The van der Waals surface area contributed by atoms with Gasteiger partial charge in [0.15, 0.2) is 0 Å². The maximum Gasteiger partial charge on any atom is 0.291 e. The van der Waals surface area contributed by atoms with Crippen LogP contribution in [0, 0.1) is 37.3 Å². The van der Waals surface area contributed by atoms with Gasteiger partial charge in [0.25, 0.3) is 17.1 Å². The molecule has 2 rings (SSSR count). The minimum absolute atomic E-state index is 0.125. The van der Waals surface area contributed by atoms with Crippen LogP contribution in [0.25, 0.3) is 10.8 Å². The number of rotatable bonds is 3. The molecular weight excluding hydrogens is 270 g/mol. The van der Waals surface area contributed by atoms with Gasteiger partial charge in [0.05, 0.1) is 20.8 Å². The van der Waals surface area contributed by atoms with Gasteiger partial charge in [-0.3, -0.25) is 30.3 Å². The first-order valence-corrected chi connectivity index (χ1v) is 5.34. The number of fused-ring (bicyclic) bond motifs is 1. The fraction of sp³-hybridized carbons (Fsp3) is 0.0909. The SMILES string of the molecule is Cc1c([N+](=O)[O-])cc([N+](=O)[O-])c2c([N+](=O)[O-])cccc12. The first-order chi connectivity index (χ1) is 9.34. The van der Waals surface area contributed by atoms with Crippen molar-refractivity contribution in [2.45, 2.75) is 6.92 Å². The molecule has 0 saturated carbocycles. The summed E-state index contributed by atoms with van der Waals surface area (Å²) in [5, 5.41) is 32.8. The van der Waals surface area contributed by atoms with Crippen molar-refractivity contribution in [3.05, 3.63) is 60.2 Å². The second-order valence-electron chi connectivity index (χ2n) is 4.01. The highest BCUT2D eigenvalue weighted by Crippen LogP contribution is 2.39. The molecule has 0 aliphatic carbocycles. The molecule has 2 aromatic rings. The number of aryl methyl sites for hydroxylation is 1. The third-order valence-electron chi connectivity index (χ3n) is 2.95. The number of nitrogens with zero attached hydrogens (tertiary/aromatic N) is 3. The van der Waals surface area contributed by atoms with Gasteiger partial charge in [0.1, 0.15) is 5.39 Å². The largest absolute Gasteiger partial charge is 0.291 e. The molecule has 0 spiro atoms. The van der Waals surface area contributed by atoms with E-state index in [9.17, 15) is 30.3 Å². The molecule has 0 amide bonds. The maximum atomic E-state index is 11.0. The lowest BCUT2D eigenvalue weighted by Crippen LogP contribution is -1.99. The first-order valence-electron chi connectivity index (χ1n) is 5.34. The third-order valence-corrected chi connectivity index (χ3v) is 2.95. The van der Waals surface area contributed by atoms with Crippen molar-refractivity contribution < 1.29 is 14.8 Å². The van der Waals surface area contributed by atoms with Crippen LogP contribution >= 0.6 is 0 Å². The van der Waals surface area contributed by atoms with E-state index in [4.69, 9.17) is 0 Å². The van der Waals surface area contributed by atoms with Gasteiger partial charge >= 0.3 is 0 Å². The molecule has 0 heterocycles. The number of hydrogen-bond acceptors (Lipinski definition) is 6. The lowest BCUT2D eigenvalue weighted by Gasteiger charge is -2.05. The molecule has 102 valence electrons. The van der Waals surface area contributed by atoms with Crippen LogP contribution in [0.4, 0.5) is 17.1 Å². The lowest BCUT2D eigenvalue weighted by atomic mass is 10.0. The summed E-state index contributed by atoms with van der Waals surface area (Å²) < 4.78 is 0. The fourth-order valence-electron chi connectivity index (χ4n) is 2.06. The van der Waals surface area contributed by atoms with Crippen LogP contribution in [0.2, 0.25) is 0 Å². The van der Waals surface area contributed by atoms with Gasteiger partial charge in [-0.05, 0) is 6.92 Å². The molecule has 0 unspecified atom stereocenters. The Balaban J connectivity index is 3.06. The minimum atomic E-state index is -0.859. The van der Waals surface area contributed by atoms with Gasteiger partial charge in [-0.25, -0.2) is 0 Å². The fourth-order valence-corrected chi connectivity index (χ4v) is 2.06. The third kappa shape index (κ3) is 1.90. The number of benzene rings is 2. The molecule has 0 bridgehead atoms. The van der Waals surface area contributed by atoms with Gasteiger partial charge in [0.2, 0.25) is 0 Å². The van der Waals surface area contributed by atoms with E-state index in [0.717, 1.165) is 12.1 Å². The lowest BCUT2D eigenvalue weighted by molar-refractivity contribution is -0.395. The number of nitro benzene ring substituents is 3. The minimum Gasteiger partial charge on any atom is -0.258 e. The summed E-state index contributed by atoms with van der Waals surface area (Å²) in [4.78, 5) is 30.6. The van der Waals surface area contributed by atoms with Crippen LogP contribution in [0.3, 0.4) is 0 Å². The molecule has 0 fully saturated rings. The summed E-state index contributed by atoms with van der Waals surface area (Å²) in [5.74, 6) is 0. The van der Waals surface area contributed by atoms with Gasteiger partial charge in [-0.2, -0.15) is 0 Å². The molecule has 9 heteroatoms. The van der Waals surface area contributed by atoms with Crippen molar-refractivity contribution in [1.82, 2.24) is 0 Å². The van der Waals surface area contributed by atoms with Crippen LogP contribution in [-0.2, 0) is 0 Å². The summed E-state index contributed by atoms with van der Waals surface area (Å²) >= 11 is 0. The van der Waals surface area contributed by atoms with E-state index in [1.54, 1.807) is 0 Å². The molecular formula is C11H7N3O6. The normalized spacial score (nSPS) is 10.4. The zero-order chi connectivity index (χ0) is 15.0. The molecule has 0 saturated heterocycles. The van der Waals surface area contributed by atoms with Crippen LogP contribution in [-0.4, -0.2) is 14.8 Å². The quantitative estimate of drug-likeness (QED) is 0.626. The molecule has 20 heavy (non-hydrogen) atoms. The van der Waals surface area contributed by atoms with Crippen molar-refractivity contribution in [3.63, 3.8) is 0 Å². The highest BCUT2D eigenvalue weighted by atomic mass is 16.6. The molecule has 9 nitrogen and oxygen atoms in total. The predicted molar refractivity (Wildman–Crippen MR) is 68.6 cm³/mol. The zero-order valence-corrected chi connectivity index (χ0v) is 10.1. The molecule has 0 aliphatic rings. The number of hydrogen-bond donors (Lipinski definition) is 0. The summed E-state index contributed by atoms with van der Waals surface area (Å²) in [5.41, 5.74) is -1.39.